The third kappa shape index (κ3) is 3.34. The van der Waals surface area contributed by atoms with E-state index in [1.54, 1.807) is 36.3 Å². The summed E-state index contributed by atoms with van der Waals surface area (Å²) in [6.45, 7) is 0. The van der Waals surface area contributed by atoms with E-state index in [9.17, 15) is 9.90 Å². The Morgan fingerprint density at radius 1 is 1.52 bits per heavy atom. The predicted molar refractivity (Wildman–Crippen MR) is 82.9 cm³/mol. The number of nitrogens with zero attached hydrogens (tertiary/aromatic N) is 3. The van der Waals surface area contributed by atoms with Crippen molar-refractivity contribution < 1.29 is 14.6 Å². The van der Waals surface area contributed by atoms with Crippen LogP contribution in [0.25, 0.3) is 0 Å². The van der Waals surface area contributed by atoms with E-state index in [-0.39, 0.29) is 24.0 Å². The minimum Gasteiger partial charge on any atom is -0.497 e. The number of hydrogen-bond acceptors (Lipinski definition) is 5. The summed E-state index contributed by atoms with van der Waals surface area (Å²) in [7, 11) is 3.38. The fourth-order valence-electron chi connectivity index (χ4n) is 2.85. The number of ether oxygens (including phenoxy) is 1. The maximum atomic E-state index is 12.5. The van der Waals surface area contributed by atoms with Crippen molar-refractivity contribution in [1.29, 1.82) is 0 Å². The molecule has 2 N–H and O–H groups in total. The molecule has 0 spiro atoms. The molecule has 1 aliphatic rings. The molecule has 0 radical (unpaired) electrons. The van der Waals surface area contributed by atoms with Gasteiger partial charge in [0.1, 0.15) is 11.4 Å². The Kier molecular flexibility index (Phi) is 4.29. The van der Waals surface area contributed by atoms with Crippen LogP contribution in [0.4, 0.5) is 0 Å². The Balaban J connectivity index is 1.78. The number of aliphatic hydroxyl groups excluding tert-OH is 1. The lowest BCUT2D eigenvalue weighted by atomic mass is 9.75. The molecule has 1 atom stereocenters. The van der Waals surface area contributed by atoms with Crippen molar-refractivity contribution in [3.8, 4) is 5.75 Å². The minimum atomic E-state index is -0.286. The van der Waals surface area contributed by atoms with E-state index in [2.05, 4.69) is 15.4 Å². The Labute approximate surface area is 134 Å². The van der Waals surface area contributed by atoms with Gasteiger partial charge < -0.3 is 15.2 Å². The highest BCUT2D eigenvalue weighted by Crippen LogP contribution is 2.38. The number of pyridine rings is 1. The van der Waals surface area contributed by atoms with Crippen LogP contribution in [0.3, 0.4) is 0 Å². The molecule has 0 saturated heterocycles. The van der Waals surface area contributed by atoms with E-state index >= 15 is 0 Å². The third-order valence-electron chi connectivity index (χ3n) is 4.19. The zero-order chi connectivity index (χ0) is 16.4. The summed E-state index contributed by atoms with van der Waals surface area (Å²) in [6, 6.07) is 3.11. The Bertz CT molecular complexity index is 694. The van der Waals surface area contributed by atoms with Crippen LogP contribution in [0.5, 0.6) is 5.75 Å². The number of aliphatic hydroxyl groups is 1. The summed E-state index contributed by atoms with van der Waals surface area (Å²) in [5.41, 5.74) is 1.23. The summed E-state index contributed by atoms with van der Waals surface area (Å²) in [5.74, 6) is 0.519. The Hall–Kier alpha value is -2.41. The molecular weight excluding hydrogens is 296 g/mol. The zero-order valence-electron chi connectivity index (χ0n) is 13.1. The minimum absolute atomic E-state index is 0.187. The molecule has 0 aliphatic heterocycles. The van der Waals surface area contributed by atoms with Gasteiger partial charge in [0.15, 0.2) is 0 Å². The van der Waals surface area contributed by atoms with Gasteiger partial charge in [-0.2, -0.15) is 5.10 Å². The lowest BCUT2D eigenvalue weighted by Gasteiger charge is -2.37. The lowest BCUT2D eigenvalue weighted by Crippen LogP contribution is -2.41. The zero-order valence-corrected chi connectivity index (χ0v) is 13.1. The summed E-state index contributed by atoms with van der Waals surface area (Å²) in [6.07, 6.45) is 6.23. The second-order valence-electron chi connectivity index (χ2n) is 5.86. The first-order valence-electron chi connectivity index (χ1n) is 7.54. The fraction of sp³-hybridized carbons (Fsp3) is 0.438. The first kappa shape index (κ1) is 15.5. The van der Waals surface area contributed by atoms with Crippen molar-refractivity contribution >= 4 is 5.91 Å². The molecule has 1 unspecified atom stereocenters. The van der Waals surface area contributed by atoms with Gasteiger partial charge in [0.2, 0.25) is 0 Å². The van der Waals surface area contributed by atoms with Gasteiger partial charge in [-0.05, 0) is 24.8 Å². The van der Waals surface area contributed by atoms with Gasteiger partial charge in [-0.25, -0.2) is 0 Å². The Morgan fingerprint density at radius 3 is 2.91 bits per heavy atom. The van der Waals surface area contributed by atoms with Crippen molar-refractivity contribution in [3.63, 3.8) is 0 Å². The van der Waals surface area contributed by atoms with Crippen molar-refractivity contribution in [2.24, 2.45) is 13.0 Å². The molecule has 0 aromatic carbocycles. The largest absolute Gasteiger partial charge is 0.497 e. The smallest absolute Gasteiger partial charge is 0.270 e. The van der Waals surface area contributed by atoms with Gasteiger partial charge in [0.05, 0.1) is 25.5 Å². The quantitative estimate of drug-likeness (QED) is 0.861. The number of aryl methyl sites for hydroxylation is 1. The number of rotatable bonds is 5. The second-order valence-corrected chi connectivity index (χ2v) is 5.86. The van der Waals surface area contributed by atoms with E-state index in [1.807, 2.05) is 13.2 Å². The number of nitrogens with one attached hydrogen (secondary N) is 1. The molecule has 1 aliphatic carbocycles. The van der Waals surface area contributed by atoms with Crippen LogP contribution in [0.15, 0.2) is 30.7 Å². The molecule has 23 heavy (non-hydrogen) atoms. The van der Waals surface area contributed by atoms with Crippen LogP contribution < -0.4 is 10.1 Å². The monoisotopic (exact) mass is 316 g/mol. The summed E-state index contributed by atoms with van der Waals surface area (Å²) in [5, 5.41) is 16.8. The maximum Gasteiger partial charge on any atom is 0.270 e. The van der Waals surface area contributed by atoms with Crippen molar-refractivity contribution in [1.82, 2.24) is 20.1 Å². The molecule has 2 aromatic heterocycles. The predicted octanol–water partition coefficient (Wildman–Crippen LogP) is 1.07. The molecule has 2 aromatic rings. The van der Waals surface area contributed by atoms with Gasteiger partial charge >= 0.3 is 0 Å². The summed E-state index contributed by atoms with van der Waals surface area (Å²) in [4.78, 5) is 16.6. The number of methoxy groups -OCH3 is 1. The normalized spacial score (nSPS) is 21.3. The van der Waals surface area contributed by atoms with E-state index in [4.69, 9.17) is 4.74 Å². The molecule has 2 heterocycles. The van der Waals surface area contributed by atoms with Crippen LogP contribution >= 0.6 is 0 Å². The molecule has 7 nitrogen and oxygen atoms in total. The topological polar surface area (TPSA) is 89.3 Å². The van der Waals surface area contributed by atoms with Crippen LogP contribution in [0, 0.1) is 5.92 Å². The van der Waals surface area contributed by atoms with E-state index in [1.165, 1.54) is 0 Å². The molecule has 0 bridgehead atoms. The van der Waals surface area contributed by atoms with Crippen LogP contribution in [-0.2, 0) is 7.05 Å². The highest BCUT2D eigenvalue weighted by atomic mass is 16.5. The van der Waals surface area contributed by atoms with Gasteiger partial charge in [-0.15, -0.1) is 0 Å². The van der Waals surface area contributed by atoms with E-state index < -0.39 is 0 Å². The van der Waals surface area contributed by atoms with E-state index in [0.29, 0.717) is 24.3 Å². The standard InChI is InChI=1S/C16H20N4O3/c1-20-9-11(8-18-20)15(10-5-12(21)6-10)19-16(22)14-7-13(23-2)3-4-17-14/h3-4,7-10,12,15,21H,5-6H2,1-2H3,(H,19,22). The average molecular weight is 316 g/mol. The second kappa shape index (κ2) is 6.37. The molecule has 1 saturated carbocycles. The first-order valence-corrected chi connectivity index (χ1v) is 7.54. The average Bonchev–Trinajstić information content (AvgIpc) is 2.96. The number of amides is 1. The molecule has 3 rings (SSSR count). The molecule has 1 amide bonds. The van der Waals surface area contributed by atoms with Crippen LogP contribution in [0.1, 0.15) is 34.9 Å². The lowest BCUT2D eigenvalue weighted by molar-refractivity contribution is 0.0234. The fourth-order valence-corrected chi connectivity index (χ4v) is 2.85. The number of carbonyl (C=O) groups is 1. The van der Waals surface area contributed by atoms with Gasteiger partial charge in [-0.3, -0.25) is 14.5 Å². The van der Waals surface area contributed by atoms with Gasteiger partial charge in [-0.1, -0.05) is 0 Å². The van der Waals surface area contributed by atoms with Crippen molar-refractivity contribution in [2.75, 3.05) is 7.11 Å². The van der Waals surface area contributed by atoms with Gasteiger partial charge in [0, 0.05) is 31.1 Å². The number of hydrogen-bond donors (Lipinski definition) is 2. The molecular formula is C16H20N4O3. The molecule has 122 valence electrons. The summed E-state index contributed by atoms with van der Waals surface area (Å²) >= 11 is 0. The van der Waals surface area contributed by atoms with Crippen molar-refractivity contribution in [2.45, 2.75) is 25.0 Å². The van der Waals surface area contributed by atoms with Crippen LogP contribution in [0.2, 0.25) is 0 Å². The number of carbonyl (C=O) groups excluding carboxylic acids is 1. The molecule has 7 heteroatoms. The highest BCUT2D eigenvalue weighted by molar-refractivity contribution is 5.92. The van der Waals surface area contributed by atoms with Crippen molar-refractivity contribution in [3.05, 3.63) is 42.0 Å². The Morgan fingerprint density at radius 2 is 2.30 bits per heavy atom. The highest BCUT2D eigenvalue weighted by Gasteiger charge is 2.36. The van der Waals surface area contributed by atoms with E-state index in [0.717, 1.165) is 5.56 Å². The maximum absolute atomic E-state index is 12.5. The number of aromatic nitrogens is 3. The third-order valence-corrected chi connectivity index (χ3v) is 4.19. The molecule has 1 fully saturated rings. The van der Waals surface area contributed by atoms with Crippen LogP contribution in [-0.4, -0.2) is 39.0 Å². The first-order chi connectivity index (χ1) is 11.1. The summed E-state index contributed by atoms with van der Waals surface area (Å²) < 4.78 is 6.83. The SMILES string of the molecule is COc1ccnc(C(=O)NC(c2cnn(C)c2)C2CC(O)C2)c1. The van der Waals surface area contributed by atoms with Gasteiger partial charge in [0.25, 0.3) is 5.91 Å².